The molecule has 0 unspecified atom stereocenters. The van der Waals surface area contributed by atoms with Crippen molar-refractivity contribution in [3.8, 4) is 0 Å². The van der Waals surface area contributed by atoms with Crippen molar-refractivity contribution in [1.82, 2.24) is 4.98 Å². The number of aryl methyl sites for hydroxylation is 1. The Hall–Kier alpha value is -0.770. The van der Waals surface area contributed by atoms with Crippen LogP contribution in [0.2, 0.25) is 0 Å². The van der Waals surface area contributed by atoms with Crippen molar-refractivity contribution in [2.75, 3.05) is 18.1 Å². The Bertz CT molecular complexity index is 186. The van der Waals surface area contributed by atoms with Crippen LogP contribution in [0, 0.1) is 6.92 Å². The van der Waals surface area contributed by atoms with Crippen molar-refractivity contribution >= 4 is 21.5 Å². The summed E-state index contributed by atoms with van der Waals surface area (Å²) in [4.78, 5) is 4.11. The van der Waals surface area contributed by atoms with Crippen molar-refractivity contribution in [2.45, 2.75) is 6.92 Å². The minimum absolute atomic E-state index is 0.791. The lowest BCUT2D eigenvalue weighted by Crippen LogP contribution is -1.85. The van der Waals surface area contributed by atoms with E-state index in [-0.39, 0.29) is 0 Å². The first-order chi connectivity index (χ1) is 4.24. The standard InChI is InChI=1S/C5H9N3S/c1-3-4(6)9-5(7-2)8-3/h6H2,1-2H3,(H,7,8). The van der Waals surface area contributed by atoms with Crippen LogP contribution in [-0.2, 0) is 0 Å². The van der Waals surface area contributed by atoms with Gasteiger partial charge in [-0.3, -0.25) is 0 Å². The maximum absolute atomic E-state index is 5.53. The maximum atomic E-state index is 5.53. The van der Waals surface area contributed by atoms with Crippen LogP contribution in [0.1, 0.15) is 5.69 Å². The molecule has 0 aliphatic heterocycles. The Labute approximate surface area is 57.9 Å². The van der Waals surface area contributed by atoms with Gasteiger partial charge in [0.15, 0.2) is 5.13 Å². The fraction of sp³-hybridized carbons (Fsp3) is 0.400. The van der Waals surface area contributed by atoms with Gasteiger partial charge in [-0.1, -0.05) is 11.3 Å². The fourth-order valence-electron chi connectivity index (χ4n) is 0.515. The summed E-state index contributed by atoms with van der Waals surface area (Å²) in [6.45, 7) is 1.90. The molecule has 1 rings (SSSR count). The maximum Gasteiger partial charge on any atom is 0.184 e. The first kappa shape index (κ1) is 6.35. The van der Waals surface area contributed by atoms with Gasteiger partial charge in [-0.25, -0.2) is 4.98 Å². The molecular weight excluding hydrogens is 134 g/mol. The smallest absolute Gasteiger partial charge is 0.184 e. The normalized spacial score (nSPS) is 9.56. The van der Waals surface area contributed by atoms with Gasteiger partial charge in [-0.2, -0.15) is 0 Å². The Kier molecular flexibility index (Phi) is 1.57. The molecule has 50 valence electrons. The molecule has 0 aromatic carbocycles. The van der Waals surface area contributed by atoms with E-state index < -0.39 is 0 Å². The van der Waals surface area contributed by atoms with Crippen molar-refractivity contribution in [1.29, 1.82) is 0 Å². The number of aromatic nitrogens is 1. The van der Waals surface area contributed by atoms with Crippen molar-refractivity contribution in [3.63, 3.8) is 0 Å². The largest absolute Gasteiger partial charge is 0.389 e. The van der Waals surface area contributed by atoms with Crippen molar-refractivity contribution < 1.29 is 0 Å². The zero-order valence-electron chi connectivity index (χ0n) is 5.43. The average Bonchev–Trinajstić information content (AvgIpc) is 2.13. The molecule has 1 aromatic rings. The Morgan fingerprint density at radius 3 is 2.56 bits per heavy atom. The second-order valence-corrected chi connectivity index (χ2v) is 2.75. The van der Waals surface area contributed by atoms with E-state index in [1.807, 2.05) is 14.0 Å². The van der Waals surface area contributed by atoms with E-state index in [1.54, 1.807) is 0 Å². The highest BCUT2D eigenvalue weighted by molar-refractivity contribution is 7.19. The van der Waals surface area contributed by atoms with Crippen LogP contribution >= 0.6 is 11.3 Å². The second kappa shape index (κ2) is 2.23. The highest BCUT2D eigenvalue weighted by atomic mass is 32.1. The first-order valence-electron chi connectivity index (χ1n) is 2.64. The topological polar surface area (TPSA) is 50.9 Å². The average molecular weight is 143 g/mol. The lowest BCUT2D eigenvalue weighted by atomic mass is 10.5. The number of anilines is 2. The number of nitrogens with zero attached hydrogens (tertiary/aromatic N) is 1. The van der Waals surface area contributed by atoms with E-state index in [4.69, 9.17) is 5.73 Å². The van der Waals surface area contributed by atoms with Gasteiger partial charge in [0.25, 0.3) is 0 Å². The third-order valence-corrected chi connectivity index (χ3v) is 2.05. The lowest BCUT2D eigenvalue weighted by Gasteiger charge is -1.85. The van der Waals surface area contributed by atoms with E-state index in [9.17, 15) is 0 Å². The van der Waals surface area contributed by atoms with E-state index in [0.717, 1.165) is 15.8 Å². The summed E-state index contributed by atoms with van der Waals surface area (Å²) in [5.41, 5.74) is 6.44. The molecule has 0 amide bonds. The van der Waals surface area contributed by atoms with Crippen LogP contribution in [-0.4, -0.2) is 12.0 Å². The third kappa shape index (κ3) is 1.13. The molecule has 3 N–H and O–H groups in total. The van der Waals surface area contributed by atoms with Crippen molar-refractivity contribution in [3.05, 3.63) is 5.69 Å². The number of rotatable bonds is 1. The van der Waals surface area contributed by atoms with Crippen molar-refractivity contribution in [2.24, 2.45) is 0 Å². The monoisotopic (exact) mass is 143 g/mol. The number of hydrogen-bond donors (Lipinski definition) is 2. The molecular formula is C5H9N3S. The summed E-state index contributed by atoms with van der Waals surface area (Å²) < 4.78 is 0. The molecule has 1 heterocycles. The summed E-state index contributed by atoms with van der Waals surface area (Å²) in [6.07, 6.45) is 0. The summed E-state index contributed by atoms with van der Waals surface area (Å²) in [6, 6.07) is 0. The number of nitrogens with two attached hydrogens (primary N) is 1. The molecule has 0 radical (unpaired) electrons. The summed E-state index contributed by atoms with van der Waals surface area (Å²) in [7, 11) is 1.83. The van der Waals surface area contributed by atoms with Gasteiger partial charge >= 0.3 is 0 Å². The van der Waals surface area contributed by atoms with Gasteiger partial charge in [0.05, 0.1) is 5.69 Å². The van der Waals surface area contributed by atoms with E-state index >= 15 is 0 Å². The van der Waals surface area contributed by atoms with Gasteiger partial charge in [0.2, 0.25) is 0 Å². The summed E-state index contributed by atoms with van der Waals surface area (Å²) in [5, 5.41) is 4.59. The molecule has 0 saturated heterocycles. The SMILES string of the molecule is CNc1nc(C)c(N)s1. The zero-order valence-corrected chi connectivity index (χ0v) is 6.25. The number of thiazole rings is 1. The Morgan fingerprint density at radius 2 is 2.33 bits per heavy atom. The number of hydrogen-bond acceptors (Lipinski definition) is 4. The molecule has 0 atom stereocenters. The zero-order chi connectivity index (χ0) is 6.85. The fourth-order valence-corrected chi connectivity index (χ4v) is 1.20. The Morgan fingerprint density at radius 1 is 1.67 bits per heavy atom. The van der Waals surface area contributed by atoms with Crippen LogP contribution in [0.5, 0.6) is 0 Å². The molecule has 1 aromatic heterocycles. The molecule has 0 aliphatic rings. The van der Waals surface area contributed by atoms with Crippen LogP contribution < -0.4 is 11.1 Å². The van der Waals surface area contributed by atoms with E-state index in [0.29, 0.717) is 0 Å². The molecule has 3 nitrogen and oxygen atoms in total. The molecule has 0 aliphatic carbocycles. The predicted octanol–water partition coefficient (Wildman–Crippen LogP) is 1.08. The van der Waals surface area contributed by atoms with E-state index in [2.05, 4.69) is 10.3 Å². The highest BCUT2D eigenvalue weighted by Crippen LogP contribution is 2.23. The quantitative estimate of drug-likeness (QED) is 0.618. The Balaban J connectivity index is 2.98. The van der Waals surface area contributed by atoms with Gasteiger partial charge in [0.1, 0.15) is 5.00 Å². The number of nitrogens with one attached hydrogen (secondary N) is 1. The number of nitrogen functional groups attached to an aromatic ring is 1. The predicted molar refractivity (Wildman–Crippen MR) is 40.8 cm³/mol. The van der Waals surface area contributed by atoms with Crippen LogP contribution in [0.15, 0.2) is 0 Å². The minimum atomic E-state index is 0.791. The molecule has 9 heavy (non-hydrogen) atoms. The van der Waals surface area contributed by atoms with Crippen LogP contribution in [0.4, 0.5) is 10.1 Å². The highest BCUT2D eigenvalue weighted by Gasteiger charge is 1.99. The second-order valence-electron chi connectivity index (χ2n) is 1.72. The molecule has 4 heteroatoms. The lowest BCUT2D eigenvalue weighted by molar-refractivity contribution is 1.25. The van der Waals surface area contributed by atoms with Gasteiger partial charge < -0.3 is 11.1 Å². The molecule has 0 saturated carbocycles. The third-order valence-electron chi connectivity index (χ3n) is 1.05. The van der Waals surface area contributed by atoms with Crippen LogP contribution in [0.3, 0.4) is 0 Å². The first-order valence-corrected chi connectivity index (χ1v) is 3.46. The molecule has 0 fully saturated rings. The summed E-state index contributed by atoms with van der Waals surface area (Å²) >= 11 is 1.47. The minimum Gasteiger partial charge on any atom is -0.389 e. The summed E-state index contributed by atoms with van der Waals surface area (Å²) in [5.74, 6) is 0. The molecule has 0 bridgehead atoms. The van der Waals surface area contributed by atoms with Gasteiger partial charge in [-0.15, -0.1) is 0 Å². The van der Waals surface area contributed by atoms with E-state index in [1.165, 1.54) is 11.3 Å². The molecule has 0 spiro atoms. The van der Waals surface area contributed by atoms with Gasteiger partial charge in [0, 0.05) is 7.05 Å². The van der Waals surface area contributed by atoms with Crippen LogP contribution in [0.25, 0.3) is 0 Å². The van der Waals surface area contributed by atoms with Gasteiger partial charge in [-0.05, 0) is 6.92 Å².